The van der Waals surface area contributed by atoms with E-state index in [2.05, 4.69) is 5.10 Å². The molecule has 0 spiro atoms. The quantitative estimate of drug-likeness (QED) is 0.486. The molecule has 0 aliphatic rings. The van der Waals surface area contributed by atoms with E-state index in [-0.39, 0.29) is 16.9 Å². The number of halogens is 4. The van der Waals surface area contributed by atoms with Crippen molar-refractivity contribution in [3.8, 4) is 16.9 Å². The molecular weight excluding hydrogens is 364 g/mol. The van der Waals surface area contributed by atoms with Gasteiger partial charge in [-0.3, -0.25) is 0 Å². The van der Waals surface area contributed by atoms with Crippen molar-refractivity contribution in [3.05, 3.63) is 71.2 Å². The number of nitrogens with zero attached hydrogens (tertiary/aromatic N) is 2. The second-order valence-corrected chi connectivity index (χ2v) is 5.77. The van der Waals surface area contributed by atoms with Crippen LogP contribution in [0.25, 0.3) is 16.9 Å². The van der Waals surface area contributed by atoms with E-state index >= 15 is 0 Å². The van der Waals surface area contributed by atoms with Crippen LogP contribution in [0.2, 0.25) is 0 Å². The Morgan fingerprint density at radius 3 is 2.37 bits per heavy atom. The fourth-order valence-corrected chi connectivity index (χ4v) is 2.72. The lowest BCUT2D eigenvalue weighted by molar-refractivity contribution is -0.137. The van der Waals surface area contributed by atoms with Gasteiger partial charge in [0, 0.05) is 5.56 Å². The first-order valence-corrected chi connectivity index (χ1v) is 7.84. The fourth-order valence-electron chi connectivity index (χ4n) is 2.72. The molecule has 0 unspecified atom stereocenters. The monoisotopic (exact) mass is 378 g/mol. The van der Waals surface area contributed by atoms with Crippen LogP contribution in [0.1, 0.15) is 21.6 Å². The van der Waals surface area contributed by atoms with Crippen LogP contribution >= 0.6 is 0 Å². The number of benzene rings is 2. The standard InChI is InChI=1S/C19H14F4N2O2/c1-11-16(18(26)27-2)17(12-6-8-14(20)9-7-12)24-25(11)15-5-3-4-13(10-15)19(21,22)23/h3-10H,1-2H3. The number of rotatable bonds is 3. The summed E-state index contributed by atoms with van der Waals surface area (Å²) in [6.07, 6.45) is -4.51. The van der Waals surface area contributed by atoms with Gasteiger partial charge in [-0.05, 0) is 49.4 Å². The predicted octanol–water partition coefficient (Wildman–Crippen LogP) is 4.79. The van der Waals surface area contributed by atoms with Gasteiger partial charge in [0.05, 0.1) is 24.1 Å². The van der Waals surface area contributed by atoms with E-state index in [0.29, 0.717) is 11.3 Å². The van der Waals surface area contributed by atoms with Crippen LogP contribution in [0.3, 0.4) is 0 Å². The summed E-state index contributed by atoms with van der Waals surface area (Å²) in [6, 6.07) is 9.86. The van der Waals surface area contributed by atoms with E-state index in [1.54, 1.807) is 6.92 Å². The van der Waals surface area contributed by atoms with E-state index in [9.17, 15) is 22.4 Å². The smallest absolute Gasteiger partial charge is 0.416 e. The average molecular weight is 378 g/mol. The van der Waals surface area contributed by atoms with Gasteiger partial charge in [-0.2, -0.15) is 18.3 Å². The van der Waals surface area contributed by atoms with Crippen LogP contribution < -0.4 is 0 Å². The second-order valence-electron chi connectivity index (χ2n) is 5.77. The van der Waals surface area contributed by atoms with Gasteiger partial charge in [0.15, 0.2) is 0 Å². The van der Waals surface area contributed by atoms with Crippen LogP contribution in [0.4, 0.5) is 17.6 Å². The molecule has 0 atom stereocenters. The first kappa shape index (κ1) is 18.6. The molecule has 0 N–H and O–H groups in total. The molecule has 1 aromatic heterocycles. The molecule has 0 aliphatic carbocycles. The number of carbonyl (C=O) groups is 1. The molecule has 0 bridgehead atoms. The highest BCUT2D eigenvalue weighted by molar-refractivity contribution is 5.97. The van der Waals surface area contributed by atoms with Crippen LogP contribution in [0.5, 0.6) is 0 Å². The van der Waals surface area contributed by atoms with Crippen molar-refractivity contribution in [2.75, 3.05) is 7.11 Å². The minimum atomic E-state index is -4.51. The number of ether oxygens (including phenoxy) is 1. The van der Waals surface area contributed by atoms with Crippen molar-refractivity contribution in [3.63, 3.8) is 0 Å². The van der Waals surface area contributed by atoms with Crippen LogP contribution in [0.15, 0.2) is 48.5 Å². The fraction of sp³-hybridized carbons (Fsp3) is 0.158. The summed E-state index contributed by atoms with van der Waals surface area (Å²) in [7, 11) is 1.19. The van der Waals surface area contributed by atoms with Gasteiger partial charge in [0.2, 0.25) is 0 Å². The summed E-state index contributed by atoms with van der Waals surface area (Å²) in [5.74, 6) is -1.16. The predicted molar refractivity (Wildman–Crippen MR) is 90.0 cm³/mol. The second kappa shape index (κ2) is 6.86. The third-order valence-corrected chi connectivity index (χ3v) is 4.04. The van der Waals surface area contributed by atoms with Crippen LogP contribution in [0, 0.1) is 12.7 Å². The number of carbonyl (C=O) groups excluding carboxylic acids is 1. The molecule has 8 heteroatoms. The maximum atomic E-state index is 13.2. The molecule has 0 amide bonds. The lowest BCUT2D eigenvalue weighted by Crippen LogP contribution is -2.08. The van der Waals surface area contributed by atoms with E-state index < -0.39 is 23.5 Å². The number of hydrogen-bond donors (Lipinski definition) is 0. The van der Waals surface area contributed by atoms with Crippen molar-refractivity contribution in [1.82, 2.24) is 9.78 Å². The number of esters is 1. The summed E-state index contributed by atoms with van der Waals surface area (Å²) in [6.45, 7) is 1.55. The maximum absolute atomic E-state index is 13.2. The Balaban J connectivity index is 2.21. The molecule has 3 aromatic rings. The first-order valence-electron chi connectivity index (χ1n) is 7.84. The molecule has 0 radical (unpaired) electrons. The normalized spacial score (nSPS) is 11.5. The molecule has 2 aromatic carbocycles. The van der Waals surface area contributed by atoms with E-state index in [1.807, 2.05) is 0 Å². The van der Waals surface area contributed by atoms with Crippen molar-refractivity contribution in [2.24, 2.45) is 0 Å². The van der Waals surface area contributed by atoms with Crippen LogP contribution in [-0.2, 0) is 10.9 Å². The lowest BCUT2D eigenvalue weighted by atomic mass is 10.1. The maximum Gasteiger partial charge on any atom is 0.416 e. The Kier molecular flexibility index (Phi) is 4.73. The summed E-state index contributed by atoms with van der Waals surface area (Å²) >= 11 is 0. The topological polar surface area (TPSA) is 44.1 Å². The minimum absolute atomic E-state index is 0.0986. The summed E-state index contributed by atoms with van der Waals surface area (Å²) in [5.41, 5.74) is 0.336. The van der Waals surface area contributed by atoms with Crippen LogP contribution in [-0.4, -0.2) is 22.9 Å². The summed E-state index contributed by atoms with van der Waals surface area (Å²) in [5, 5.41) is 4.30. The Bertz CT molecular complexity index is 992. The zero-order chi connectivity index (χ0) is 19.8. The average Bonchev–Trinajstić information content (AvgIpc) is 2.98. The summed E-state index contributed by atoms with van der Waals surface area (Å²) in [4.78, 5) is 12.2. The molecule has 0 saturated carbocycles. The molecular formula is C19H14F4N2O2. The number of alkyl halides is 3. The Morgan fingerprint density at radius 2 is 1.78 bits per heavy atom. The highest BCUT2D eigenvalue weighted by Gasteiger charge is 2.31. The molecule has 0 aliphatic heterocycles. The molecule has 140 valence electrons. The largest absolute Gasteiger partial charge is 0.465 e. The lowest BCUT2D eigenvalue weighted by Gasteiger charge is -2.10. The SMILES string of the molecule is COC(=O)c1c(-c2ccc(F)cc2)nn(-c2cccc(C(F)(F)F)c2)c1C. The van der Waals surface area contributed by atoms with Crippen molar-refractivity contribution in [2.45, 2.75) is 13.1 Å². The molecule has 0 saturated heterocycles. The molecule has 0 fully saturated rings. The first-order chi connectivity index (χ1) is 12.7. The zero-order valence-electron chi connectivity index (χ0n) is 14.3. The number of hydrogen-bond acceptors (Lipinski definition) is 3. The van der Waals surface area contributed by atoms with Crippen molar-refractivity contribution in [1.29, 1.82) is 0 Å². The van der Waals surface area contributed by atoms with Gasteiger partial charge in [0.25, 0.3) is 0 Å². The van der Waals surface area contributed by atoms with Gasteiger partial charge in [-0.25, -0.2) is 13.9 Å². The van der Waals surface area contributed by atoms with E-state index in [4.69, 9.17) is 4.74 Å². The Hall–Kier alpha value is -3.16. The number of aromatic nitrogens is 2. The minimum Gasteiger partial charge on any atom is -0.465 e. The molecule has 4 nitrogen and oxygen atoms in total. The van der Waals surface area contributed by atoms with Gasteiger partial charge >= 0.3 is 12.1 Å². The number of methoxy groups -OCH3 is 1. The van der Waals surface area contributed by atoms with Crippen molar-refractivity contribution < 1.29 is 27.1 Å². The van der Waals surface area contributed by atoms with E-state index in [1.165, 1.54) is 48.2 Å². The van der Waals surface area contributed by atoms with E-state index in [0.717, 1.165) is 12.1 Å². The summed E-state index contributed by atoms with van der Waals surface area (Å²) < 4.78 is 58.3. The molecule has 3 rings (SSSR count). The van der Waals surface area contributed by atoms with Gasteiger partial charge in [-0.1, -0.05) is 6.07 Å². The highest BCUT2D eigenvalue weighted by atomic mass is 19.4. The highest BCUT2D eigenvalue weighted by Crippen LogP contribution is 2.32. The van der Waals surface area contributed by atoms with Crippen molar-refractivity contribution >= 4 is 5.97 Å². The third kappa shape index (κ3) is 3.55. The Labute approximate surface area is 152 Å². The zero-order valence-corrected chi connectivity index (χ0v) is 14.3. The van der Waals surface area contributed by atoms with Gasteiger partial charge < -0.3 is 4.74 Å². The third-order valence-electron chi connectivity index (χ3n) is 4.04. The van der Waals surface area contributed by atoms with Gasteiger partial charge in [-0.15, -0.1) is 0 Å². The Morgan fingerprint density at radius 1 is 1.11 bits per heavy atom. The molecule has 27 heavy (non-hydrogen) atoms. The molecule has 1 heterocycles. The van der Waals surface area contributed by atoms with Gasteiger partial charge in [0.1, 0.15) is 17.1 Å².